The van der Waals surface area contributed by atoms with Crippen molar-refractivity contribution >= 4 is 15.9 Å². The predicted octanol–water partition coefficient (Wildman–Crippen LogP) is 3.67. The van der Waals surface area contributed by atoms with Crippen molar-refractivity contribution in [3.63, 3.8) is 0 Å². The fourth-order valence-corrected chi connectivity index (χ4v) is 2.49. The second kappa shape index (κ2) is 4.96. The molecule has 0 bridgehead atoms. The molecule has 0 aliphatic heterocycles. The Kier molecular flexibility index (Phi) is 3.62. The molecule has 14 heavy (non-hydrogen) atoms. The fourth-order valence-electron chi connectivity index (χ4n) is 2.20. The first kappa shape index (κ1) is 10.2. The predicted molar refractivity (Wildman–Crippen MR) is 61.6 cm³/mol. The highest BCUT2D eigenvalue weighted by Crippen LogP contribution is 2.27. The first-order chi connectivity index (χ1) is 6.90. The van der Waals surface area contributed by atoms with Gasteiger partial charge in [-0.25, -0.2) is 4.98 Å². The van der Waals surface area contributed by atoms with Crippen LogP contribution in [0.3, 0.4) is 0 Å². The Morgan fingerprint density at radius 3 is 2.57 bits per heavy atom. The zero-order chi connectivity index (χ0) is 9.80. The van der Waals surface area contributed by atoms with Gasteiger partial charge in [0.2, 0.25) is 0 Å². The lowest BCUT2D eigenvalue weighted by atomic mass is 10.1. The molecule has 1 aromatic rings. The average Bonchev–Trinajstić information content (AvgIpc) is 2.53. The van der Waals surface area contributed by atoms with Crippen LogP contribution >= 0.6 is 15.9 Å². The summed E-state index contributed by atoms with van der Waals surface area (Å²) in [5, 5.41) is 0.868. The van der Waals surface area contributed by atoms with E-state index in [1.807, 2.05) is 6.33 Å². The molecule has 0 unspecified atom stereocenters. The van der Waals surface area contributed by atoms with E-state index in [1.165, 1.54) is 38.5 Å². The number of rotatable bonds is 2. The largest absolute Gasteiger partial charge is 0.334 e. The zero-order valence-electron chi connectivity index (χ0n) is 8.45. The summed E-state index contributed by atoms with van der Waals surface area (Å²) in [4.78, 5) is 4.36. The van der Waals surface area contributed by atoms with Crippen molar-refractivity contribution in [3.05, 3.63) is 18.2 Å². The number of halogens is 1. The van der Waals surface area contributed by atoms with Crippen LogP contribution in [-0.4, -0.2) is 9.55 Å². The topological polar surface area (TPSA) is 17.8 Å². The van der Waals surface area contributed by atoms with E-state index in [2.05, 4.69) is 31.7 Å². The maximum Gasteiger partial charge on any atom is 0.0952 e. The molecule has 1 aliphatic carbocycles. The van der Waals surface area contributed by atoms with Gasteiger partial charge in [-0.2, -0.15) is 0 Å². The summed E-state index contributed by atoms with van der Waals surface area (Å²) in [7, 11) is 0. The lowest BCUT2D eigenvalue weighted by Gasteiger charge is -2.14. The molecular weight excluding hydrogens is 240 g/mol. The molecule has 3 heteroatoms. The van der Waals surface area contributed by atoms with Crippen LogP contribution in [0.15, 0.2) is 12.5 Å². The van der Waals surface area contributed by atoms with Gasteiger partial charge in [0.25, 0.3) is 0 Å². The van der Waals surface area contributed by atoms with Crippen molar-refractivity contribution in [2.24, 2.45) is 0 Å². The van der Waals surface area contributed by atoms with Gasteiger partial charge >= 0.3 is 0 Å². The molecule has 1 heterocycles. The zero-order valence-corrected chi connectivity index (χ0v) is 10.0. The number of aromatic nitrogens is 2. The standard InChI is InChI=1S/C11H17BrN2/c12-7-10-8-14(9-13-10)11-5-3-1-2-4-6-11/h8-9,11H,1-7H2. The number of nitrogens with zero attached hydrogens (tertiary/aromatic N) is 2. The van der Waals surface area contributed by atoms with E-state index >= 15 is 0 Å². The molecule has 1 saturated carbocycles. The minimum absolute atomic E-state index is 0.706. The number of alkyl halides is 1. The second-order valence-corrected chi connectivity index (χ2v) is 4.65. The molecule has 0 amide bonds. The van der Waals surface area contributed by atoms with Gasteiger partial charge in [0, 0.05) is 17.6 Å². The van der Waals surface area contributed by atoms with Gasteiger partial charge < -0.3 is 4.57 Å². The van der Waals surface area contributed by atoms with Crippen LogP contribution in [0.5, 0.6) is 0 Å². The van der Waals surface area contributed by atoms with Gasteiger partial charge in [-0.05, 0) is 12.8 Å². The van der Waals surface area contributed by atoms with Crippen LogP contribution in [0.4, 0.5) is 0 Å². The molecule has 0 N–H and O–H groups in total. The van der Waals surface area contributed by atoms with Crippen molar-refractivity contribution in [2.45, 2.75) is 49.9 Å². The van der Waals surface area contributed by atoms with Crippen molar-refractivity contribution in [2.75, 3.05) is 0 Å². The smallest absolute Gasteiger partial charge is 0.0952 e. The number of imidazole rings is 1. The molecule has 0 aromatic carbocycles. The van der Waals surface area contributed by atoms with Crippen molar-refractivity contribution in [3.8, 4) is 0 Å². The fraction of sp³-hybridized carbons (Fsp3) is 0.727. The van der Waals surface area contributed by atoms with Gasteiger partial charge in [-0.3, -0.25) is 0 Å². The van der Waals surface area contributed by atoms with Gasteiger partial charge in [-0.15, -0.1) is 0 Å². The molecule has 1 aliphatic rings. The third-order valence-electron chi connectivity index (χ3n) is 3.04. The Balaban J connectivity index is 2.04. The number of hydrogen-bond donors (Lipinski definition) is 0. The van der Waals surface area contributed by atoms with Crippen LogP contribution < -0.4 is 0 Å². The van der Waals surface area contributed by atoms with E-state index in [9.17, 15) is 0 Å². The van der Waals surface area contributed by atoms with Gasteiger partial charge in [-0.1, -0.05) is 41.6 Å². The van der Waals surface area contributed by atoms with Crippen LogP contribution in [0, 0.1) is 0 Å². The Labute approximate surface area is 93.9 Å². The molecular formula is C11H17BrN2. The van der Waals surface area contributed by atoms with Crippen LogP contribution in [0.1, 0.15) is 50.3 Å². The first-order valence-corrected chi connectivity index (χ1v) is 6.60. The van der Waals surface area contributed by atoms with Crippen molar-refractivity contribution in [1.29, 1.82) is 0 Å². The molecule has 0 radical (unpaired) electrons. The van der Waals surface area contributed by atoms with Crippen LogP contribution in [0.25, 0.3) is 0 Å². The minimum Gasteiger partial charge on any atom is -0.334 e. The Morgan fingerprint density at radius 1 is 1.29 bits per heavy atom. The molecule has 1 fully saturated rings. The maximum absolute atomic E-state index is 4.36. The van der Waals surface area contributed by atoms with E-state index in [0.717, 1.165) is 11.0 Å². The summed E-state index contributed by atoms with van der Waals surface area (Å²) in [6, 6.07) is 0.706. The lowest BCUT2D eigenvalue weighted by Crippen LogP contribution is -2.05. The highest BCUT2D eigenvalue weighted by Gasteiger charge is 2.13. The van der Waals surface area contributed by atoms with Gasteiger partial charge in [0.05, 0.1) is 12.0 Å². The van der Waals surface area contributed by atoms with Crippen molar-refractivity contribution < 1.29 is 0 Å². The molecule has 78 valence electrons. The lowest BCUT2D eigenvalue weighted by molar-refractivity contribution is 0.443. The third kappa shape index (κ3) is 2.38. The van der Waals surface area contributed by atoms with Crippen molar-refractivity contribution in [1.82, 2.24) is 9.55 Å². The molecule has 2 rings (SSSR count). The van der Waals surface area contributed by atoms with E-state index in [0.29, 0.717) is 6.04 Å². The van der Waals surface area contributed by atoms with E-state index < -0.39 is 0 Å². The van der Waals surface area contributed by atoms with E-state index in [1.54, 1.807) is 0 Å². The summed E-state index contributed by atoms with van der Waals surface area (Å²) in [6.07, 6.45) is 12.4. The summed E-state index contributed by atoms with van der Waals surface area (Å²) in [5.74, 6) is 0. The van der Waals surface area contributed by atoms with Crippen LogP contribution in [0.2, 0.25) is 0 Å². The minimum atomic E-state index is 0.706. The highest BCUT2D eigenvalue weighted by atomic mass is 79.9. The molecule has 0 spiro atoms. The van der Waals surface area contributed by atoms with Gasteiger partial charge in [0.15, 0.2) is 0 Å². The SMILES string of the molecule is BrCc1cn(C2CCCCCC2)cn1. The van der Waals surface area contributed by atoms with Gasteiger partial charge in [0.1, 0.15) is 0 Å². The summed E-state index contributed by atoms with van der Waals surface area (Å²) >= 11 is 3.43. The molecule has 0 saturated heterocycles. The average molecular weight is 257 g/mol. The summed E-state index contributed by atoms with van der Waals surface area (Å²) < 4.78 is 2.31. The number of hydrogen-bond acceptors (Lipinski definition) is 1. The molecule has 2 nitrogen and oxygen atoms in total. The highest BCUT2D eigenvalue weighted by molar-refractivity contribution is 9.08. The molecule has 1 aromatic heterocycles. The summed E-state index contributed by atoms with van der Waals surface area (Å²) in [5.41, 5.74) is 1.15. The molecule has 0 atom stereocenters. The van der Waals surface area contributed by atoms with E-state index in [4.69, 9.17) is 0 Å². The van der Waals surface area contributed by atoms with E-state index in [-0.39, 0.29) is 0 Å². The third-order valence-corrected chi connectivity index (χ3v) is 3.61. The second-order valence-electron chi connectivity index (χ2n) is 4.09. The maximum atomic E-state index is 4.36. The summed E-state index contributed by atoms with van der Waals surface area (Å²) in [6.45, 7) is 0. The Morgan fingerprint density at radius 2 is 2.00 bits per heavy atom. The Bertz CT molecular complexity index is 275. The van der Waals surface area contributed by atoms with Crippen LogP contribution in [-0.2, 0) is 5.33 Å². The normalized spacial score (nSPS) is 19.5. The quantitative estimate of drug-likeness (QED) is 0.583. The first-order valence-electron chi connectivity index (χ1n) is 5.48. The Hall–Kier alpha value is -0.310. The monoisotopic (exact) mass is 256 g/mol.